The van der Waals surface area contributed by atoms with Crippen LogP contribution in [0.1, 0.15) is 5.56 Å². The summed E-state index contributed by atoms with van der Waals surface area (Å²) < 4.78 is 0. The summed E-state index contributed by atoms with van der Waals surface area (Å²) in [5.41, 5.74) is 1.24. The molecule has 0 aliphatic heterocycles. The van der Waals surface area contributed by atoms with Gasteiger partial charge in [0.25, 0.3) is 0 Å². The predicted molar refractivity (Wildman–Crippen MR) is 57.7 cm³/mol. The van der Waals surface area contributed by atoms with Crippen molar-refractivity contribution in [2.24, 2.45) is 0 Å². The van der Waals surface area contributed by atoms with E-state index < -0.39 is 0 Å². The van der Waals surface area contributed by atoms with Crippen LogP contribution in [0.5, 0.6) is 0 Å². The van der Waals surface area contributed by atoms with E-state index in [-0.39, 0.29) is 0 Å². The SMILES string of the molecule is C=Cc1ccsc1-c1cccs1. The average molecular weight is 192 g/mol. The topological polar surface area (TPSA) is 0 Å². The molecular formula is C10H8S2. The largest absolute Gasteiger partial charge is 0.143 e. The quantitative estimate of drug-likeness (QED) is 0.671. The van der Waals surface area contributed by atoms with Crippen LogP contribution >= 0.6 is 22.7 Å². The summed E-state index contributed by atoms with van der Waals surface area (Å²) in [4.78, 5) is 2.67. The van der Waals surface area contributed by atoms with Crippen molar-refractivity contribution in [2.75, 3.05) is 0 Å². The van der Waals surface area contributed by atoms with Gasteiger partial charge in [-0.3, -0.25) is 0 Å². The summed E-state index contributed by atoms with van der Waals surface area (Å²) in [5.74, 6) is 0. The van der Waals surface area contributed by atoms with Crippen LogP contribution in [0.2, 0.25) is 0 Å². The standard InChI is InChI=1S/C10H8S2/c1-2-8-5-7-12-10(8)9-4-3-6-11-9/h2-7H,1H2. The van der Waals surface area contributed by atoms with E-state index in [4.69, 9.17) is 0 Å². The maximum atomic E-state index is 3.78. The molecule has 0 amide bonds. The van der Waals surface area contributed by atoms with Gasteiger partial charge in [0, 0.05) is 4.88 Å². The predicted octanol–water partition coefficient (Wildman–Crippen LogP) is 4.12. The molecule has 2 aromatic heterocycles. The number of thiophene rings is 2. The summed E-state index contributed by atoms with van der Waals surface area (Å²) in [6, 6.07) is 6.32. The van der Waals surface area contributed by atoms with Crippen molar-refractivity contribution in [3.05, 3.63) is 41.1 Å². The third-order valence-corrected chi connectivity index (χ3v) is 3.64. The van der Waals surface area contributed by atoms with Gasteiger partial charge < -0.3 is 0 Å². The van der Waals surface area contributed by atoms with Gasteiger partial charge in [0.05, 0.1) is 4.88 Å². The van der Waals surface area contributed by atoms with Crippen LogP contribution in [-0.2, 0) is 0 Å². The van der Waals surface area contributed by atoms with Crippen LogP contribution in [0, 0.1) is 0 Å². The molecule has 0 spiro atoms. The van der Waals surface area contributed by atoms with E-state index in [1.807, 2.05) is 6.08 Å². The highest BCUT2D eigenvalue weighted by Gasteiger charge is 2.03. The lowest BCUT2D eigenvalue weighted by atomic mass is 10.2. The molecule has 2 aromatic rings. The number of hydrogen-bond acceptors (Lipinski definition) is 2. The second-order valence-corrected chi connectivity index (χ2v) is 4.25. The van der Waals surface area contributed by atoms with E-state index >= 15 is 0 Å². The maximum absolute atomic E-state index is 3.78. The molecule has 0 unspecified atom stereocenters. The molecule has 0 aliphatic rings. The van der Waals surface area contributed by atoms with Gasteiger partial charge in [0.2, 0.25) is 0 Å². The molecule has 0 fully saturated rings. The van der Waals surface area contributed by atoms with E-state index in [9.17, 15) is 0 Å². The summed E-state index contributed by atoms with van der Waals surface area (Å²) >= 11 is 3.54. The smallest absolute Gasteiger partial charge is 0.0514 e. The summed E-state index contributed by atoms with van der Waals surface area (Å²) in [6.07, 6.45) is 1.91. The molecule has 60 valence electrons. The maximum Gasteiger partial charge on any atom is 0.0514 e. The van der Waals surface area contributed by atoms with Gasteiger partial charge in [-0.2, -0.15) is 0 Å². The molecule has 0 saturated carbocycles. The molecule has 0 nitrogen and oxygen atoms in total. The van der Waals surface area contributed by atoms with Crippen LogP contribution in [0.15, 0.2) is 35.5 Å². The Morgan fingerprint density at radius 3 is 2.75 bits per heavy atom. The normalized spacial score (nSPS) is 10.0. The van der Waals surface area contributed by atoms with E-state index in [0.717, 1.165) is 0 Å². The molecule has 12 heavy (non-hydrogen) atoms. The molecule has 2 heterocycles. The van der Waals surface area contributed by atoms with Crippen molar-refractivity contribution in [3.63, 3.8) is 0 Å². The van der Waals surface area contributed by atoms with Gasteiger partial charge in [-0.05, 0) is 28.5 Å². The Bertz CT molecular complexity index is 368. The van der Waals surface area contributed by atoms with Gasteiger partial charge in [-0.15, -0.1) is 22.7 Å². The first-order chi connectivity index (χ1) is 5.92. The Balaban J connectivity index is 2.53. The van der Waals surface area contributed by atoms with Crippen LogP contribution in [0.3, 0.4) is 0 Å². The minimum atomic E-state index is 1.24. The van der Waals surface area contributed by atoms with Crippen molar-refractivity contribution >= 4 is 28.7 Å². The van der Waals surface area contributed by atoms with Gasteiger partial charge >= 0.3 is 0 Å². The van der Waals surface area contributed by atoms with Gasteiger partial charge in [0.15, 0.2) is 0 Å². The van der Waals surface area contributed by atoms with Crippen LogP contribution in [0.25, 0.3) is 15.8 Å². The monoisotopic (exact) mass is 192 g/mol. The van der Waals surface area contributed by atoms with E-state index in [2.05, 4.69) is 35.5 Å². The summed E-state index contributed by atoms with van der Waals surface area (Å²) in [7, 11) is 0. The minimum absolute atomic E-state index is 1.24. The first kappa shape index (κ1) is 7.77. The zero-order valence-electron chi connectivity index (χ0n) is 6.49. The van der Waals surface area contributed by atoms with Crippen molar-refractivity contribution in [1.82, 2.24) is 0 Å². The van der Waals surface area contributed by atoms with E-state index in [1.54, 1.807) is 22.7 Å². The van der Waals surface area contributed by atoms with Gasteiger partial charge in [0.1, 0.15) is 0 Å². The Morgan fingerprint density at radius 2 is 2.08 bits per heavy atom. The lowest BCUT2D eigenvalue weighted by Gasteiger charge is -1.92. The van der Waals surface area contributed by atoms with Crippen LogP contribution in [0.4, 0.5) is 0 Å². The second kappa shape index (κ2) is 3.25. The third-order valence-electron chi connectivity index (χ3n) is 1.66. The number of hydrogen-bond donors (Lipinski definition) is 0. The first-order valence-electron chi connectivity index (χ1n) is 3.65. The summed E-state index contributed by atoms with van der Waals surface area (Å²) in [5, 5.41) is 4.20. The molecule has 2 heteroatoms. The molecular weight excluding hydrogens is 184 g/mol. The fourth-order valence-corrected chi connectivity index (χ4v) is 2.88. The Kier molecular flexibility index (Phi) is 2.11. The Morgan fingerprint density at radius 1 is 1.17 bits per heavy atom. The molecule has 0 aromatic carbocycles. The van der Waals surface area contributed by atoms with Crippen molar-refractivity contribution < 1.29 is 0 Å². The highest BCUT2D eigenvalue weighted by Crippen LogP contribution is 2.33. The molecule has 0 bridgehead atoms. The van der Waals surface area contributed by atoms with Crippen molar-refractivity contribution in [3.8, 4) is 9.75 Å². The number of rotatable bonds is 2. The van der Waals surface area contributed by atoms with Crippen molar-refractivity contribution in [1.29, 1.82) is 0 Å². The molecule has 0 radical (unpaired) electrons. The highest BCUT2D eigenvalue weighted by molar-refractivity contribution is 7.20. The molecule has 2 rings (SSSR count). The lowest BCUT2D eigenvalue weighted by Crippen LogP contribution is -1.67. The van der Waals surface area contributed by atoms with Gasteiger partial charge in [-0.1, -0.05) is 18.7 Å². The third kappa shape index (κ3) is 1.24. The Hall–Kier alpha value is -0.860. The molecule has 0 saturated heterocycles. The summed E-state index contributed by atoms with van der Waals surface area (Å²) in [6.45, 7) is 3.78. The fourth-order valence-electron chi connectivity index (χ4n) is 1.09. The Labute approximate surface area is 79.8 Å². The molecule has 0 aliphatic carbocycles. The molecule has 0 N–H and O–H groups in total. The second-order valence-electron chi connectivity index (χ2n) is 2.39. The first-order valence-corrected chi connectivity index (χ1v) is 5.41. The van der Waals surface area contributed by atoms with Crippen LogP contribution in [-0.4, -0.2) is 0 Å². The van der Waals surface area contributed by atoms with Crippen LogP contribution < -0.4 is 0 Å². The minimum Gasteiger partial charge on any atom is -0.143 e. The zero-order valence-corrected chi connectivity index (χ0v) is 8.12. The van der Waals surface area contributed by atoms with E-state index in [0.29, 0.717) is 0 Å². The van der Waals surface area contributed by atoms with Crippen molar-refractivity contribution in [2.45, 2.75) is 0 Å². The van der Waals surface area contributed by atoms with E-state index in [1.165, 1.54) is 15.3 Å². The fraction of sp³-hybridized carbons (Fsp3) is 0. The zero-order chi connectivity index (χ0) is 8.39. The highest BCUT2D eigenvalue weighted by atomic mass is 32.1. The molecule has 0 atom stereocenters. The average Bonchev–Trinajstić information content (AvgIpc) is 2.74. The van der Waals surface area contributed by atoms with Gasteiger partial charge in [-0.25, -0.2) is 0 Å². The lowest BCUT2D eigenvalue weighted by molar-refractivity contribution is 1.86.